The van der Waals surface area contributed by atoms with Crippen molar-refractivity contribution in [1.29, 1.82) is 0 Å². The zero-order valence-corrected chi connectivity index (χ0v) is 15.0. The monoisotopic (exact) mass is 353 g/mol. The van der Waals surface area contributed by atoms with E-state index in [2.05, 4.69) is 4.74 Å². The van der Waals surface area contributed by atoms with Crippen LogP contribution >= 0.6 is 8.03 Å². The van der Waals surface area contributed by atoms with E-state index < -0.39 is 37.5 Å². The minimum atomic E-state index is -2.24. The van der Waals surface area contributed by atoms with Gasteiger partial charge in [0.1, 0.15) is 0 Å². The third-order valence-corrected chi connectivity index (χ3v) is 3.10. The van der Waals surface area contributed by atoms with Crippen molar-refractivity contribution in [3.8, 4) is 0 Å². The van der Waals surface area contributed by atoms with Crippen molar-refractivity contribution >= 4 is 26.1 Å². The number of methoxy groups -OCH3 is 1. The smallest absolute Gasteiger partial charge is 0.443 e. The third kappa shape index (κ3) is 9.20. The first-order valence-corrected chi connectivity index (χ1v) is 8.73. The Morgan fingerprint density at radius 1 is 1.26 bits per heavy atom. The van der Waals surface area contributed by atoms with Crippen LogP contribution in [0.4, 0.5) is 4.79 Å². The van der Waals surface area contributed by atoms with Crippen LogP contribution in [0.1, 0.15) is 33.6 Å². The van der Waals surface area contributed by atoms with E-state index in [0.717, 1.165) is 7.11 Å². The van der Waals surface area contributed by atoms with Crippen LogP contribution in [-0.2, 0) is 28.3 Å². The fourth-order valence-electron chi connectivity index (χ4n) is 1.55. The molecule has 0 aromatic rings. The van der Waals surface area contributed by atoms with Crippen molar-refractivity contribution < 1.29 is 38.2 Å². The van der Waals surface area contributed by atoms with Crippen molar-refractivity contribution in [1.82, 2.24) is 5.06 Å². The van der Waals surface area contributed by atoms with E-state index in [1.54, 1.807) is 20.8 Å². The Balaban J connectivity index is 5.07. The molecule has 0 aliphatic rings. The van der Waals surface area contributed by atoms with E-state index in [0.29, 0.717) is 5.06 Å². The van der Waals surface area contributed by atoms with Gasteiger partial charge in [0, 0.05) is 13.1 Å². The molecule has 0 spiro atoms. The maximum absolute atomic E-state index is 11.9. The maximum atomic E-state index is 11.9. The van der Waals surface area contributed by atoms with Crippen molar-refractivity contribution in [3.05, 3.63) is 0 Å². The van der Waals surface area contributed by atoms with Gasteiger partial charge in [0.2, 0.25) is 0 Å². The third-order valence-electron chi connectivity index (χ3n) is 2.49. The van der Waals surface area contributed by atoms with Crippen LogP contribution in [0.15, 0.2) is 0 Å². The fourth-order valence-corrected chi connectivity index (χ4v) is 1.95. The molecule has 0 saturated heterocycles. The number of ether oxygens (including phenoxy) is 1. The predicted octanol–water partition coefficient (Wildman–Crippen LogP) is 1.91. The molecule has 134 valence electrons. The number of carboxylic acid groups (broad SMARTS) is 1. The second-order valence-electron chi connectivity index (χ2n) is 5.98. The normalized spacial score (nSPS) is 13.8. The lowest BCUT2D eigenvalue weighted by atomic mass is 9.93. The van der Waals surface area contributed by atoms with Crippen LogP contribution in [0.3, 0.4) is 0 Å². The summed E-state index contributed by atoms with van der Waals surface area (Å²) in [7, 11) is -1.20. The minimum Gasteiger partial charge on any atom is -0.480 e. The lowest BCUT2D eigenvalue weighted by Crippen LogP contribution is -2.47. The van der Waals surface area contributed by atoms with Gasteiger partial charge in [-0.15, -0.1) is 5.06 Å². The Bertz CT molecular complexity index is 459. The average molecular weight is 353 g/mol. The summed E-state index contributed by atoms with van der Waals surface area (Å²) in [6, 6.07) is -1.51. The molecule has 0 heterocycles. The number of carboxylic acids is 1. The molecular weight excluding hydrogens is 329 g/mol. The topological polar surface area (TPSA) is 119 Å². The molecule has 2 atom stereocenters. The van der Waals surface area contributed by atoms with Gasteiger partial charge in [-0.2, -0.15) is 0 Å². The molecule has 0 fully saturated rings. The Labute approximate surface area is 135 Å². The molecule has 0 aliphatic heterocycles. The van der Waals surface area contributed by atoms with Gasteiger partial charge in [0.25, 0.3) is 0 Å². The Morgan fingerprint density at radius 3 is 2.22 bits per heavy atom. The fraction of sp³-hybridized carbons (Fsp3) is 0.769. The van der Waals surface area contributed by atoms with Gasteiger partial charge < -0.3 is 19.2 Å². The second kappa shape index (κ2) is 9.52. The molecule has 2 unspecified atom stereocenters. The van der Waals surface area contributed by atoms with E-state index >= 15 is 0 Å². The van der Waals surface area contributed by atoms with E-state index in [-0.39, 0.29) is 19.4 Å². The van der Waals surface area contributed by atoms with Crippen LogP contribution in [0.5, 0.6) is 0 Å². The molecule has 0 rings (SSSR count). The summed E-state index contributed by atoms with van der Waals surface area (Å²) < 4.78 is 20.2. The molecule has 0 saturated carbocycles. The second-order valence-corrected chi connectivity index (χ2v) is 7.25. The molecule has 1 amide bonds. The summed E-state index contributed by atoms with van der Waals surface area (Å²) in [6.45, 7) is 6.55. The molecule has 1 N–H and O–H groups in total. The summed E-state index contributed by atoms with van der Waals surface area (Å²) in [5.74, 6) is -2.17. The van der Waals surface area contributed by atoms with E-state index in [1.807, 2.05) is 0 Å². The summed E-state index contributed by atoms with van der Waals surface area (Å²) in [5.41, 5.74) is -0.400. The van der Waals surface area contributed by atoms with Crippen molar-refractivity contribution in [3.63, 3.8) is 0 Å². The Kier molecular flexibility index (Phi) is 8.86. The molecule has 10 heteroatoms. The van der Waals surface area contributed by atoms with Crippen LogP contribution in [0.2, 0.25) is 0 Å². The Morgan fingerprint density at radius 2 is 1.83 bits per heavy atom. The van der Waals surface area contributed by atoms with Gasteiger partial charge in [-0.25, -0.2) is 14.4 Å². The van der Waals surface area contributed by atoms with Crippen LogP contribution in [0, 0.1) is 5.41 Å². The zero-order valence-electron chi connectivity index (χ0n) is 14.0. The lowest BCUT2D eigenvalue weighted by molar-refractivity contribution is -0.197. The predicted molar refractivity (Wildman–Crippen MR) is 81.3 cm³/mol. The number of nitrogens with zero attached hydrogens (tertiary/aromatic N) is 1. The first-order valence-electron chi connectivity index (χ1n) is 6.92. The highest BCUT2D eigenvalue weighted by Gasteiger charge is 2.35. The number of hydrogen-bond acceptors (Lipinski definition) is 7. The van der Waals surface area contributed by atoms with Crippen molar-refractivity contribution in [2.24, 2.45) is 5.41 Å². The van der Waals surface area contributed by atoms with Gasteiger partial charge in [-0.3, -0.25) is 4.57 Å². The Hall–Kier alpha value is -1.60. The molecule has 9 nitrogen and oxygen atoms in total. The van der Waals surface area contributed by atoms with Crippen molar-refractivity contribution in [2.45, 2.75) is 39.7 Å². The molecule has 23 heavy (non-hydrogen) atoms. The molecular formula is C13H24NO8P. The maximum Gasteiger partial charge on any atom is 0.443 e. The SMILES string of the molecule is COC(=O)N(OC(=O)CC(C)(C)C)C(CCO[PH](C)=O)C(=O)O. The number of rotatable bonds is 7. The van der Waals surface area contributed by atoms with Gasteiger partial charge in [0.05, 0.1) is 20.1 Å². The highest BCUT2D eigenvalue weighted by atomic mass is 31.1. The van der Waals surface area contributed by atoms with E-state index in [9.17, 15) is 24.1 Å². The lowest BCUT2D eigenvalue weighted by Gasteiger charge is -2.27. The zero-order chi connectivity index (χ0) is 18.2. The number of carbonyl (C=O) groups excluding carboxylic acids is 2. The number of carbonyl (C=O) groups is 3. The van der Waals surface area contributed by atoms with Gasteiger partial charge in [-0.1, -0.05) is 20.8 Å². The van der Waals surface area contributed by atoms with Gasteiger partial charge >= 0.3 is 18.0 Å². The molecule has 0 aliphatic carbocycles. The summed E-state index contributed by atoms with van der Waals surface area (Å²) >= 11 is 0. The summed E-state index contributed by atoms with van der Waals surface area (Å²) in [5, 5.41) is 9.60. The highest BCUT2D eigenvalue weighted by molar-refractivity contribution is 7.38. The average Bonchev–Trinajstić information content (AvgIpc) is 2.38. The van der Waals surface area contributed by atoms with Crippen molar-refractivity contribution in [2.75, 3.05) is 20.4 Å². The number of hydroxylamine groups is 2. The quantitative estimate of drug-likeness (QED) is 0.544. The number of aliphatic carboxylic acids is 1. The molecule has 0 aromatic carbocycles. The minimum absolute atomic E-state index is 0.0218. The van der Waals surface area contributed by atoms with Gasteiger partial charge in [-0.05, 0) is 5.41 Å². The first-order chi connectivity index (χ1) is 10.5. The van der Waals surface area contributed by atoms with Gasteiger partial charge in [0.15, 0.2) is 14.1 Å². The summed E-state index contributed by atoms with van der Waals surface area (Å²) in [6.07, 6.45) is -1.35. The molecule has 0 radical (unpaired) electrons. The molecule has 0 aromatic heterocycles. The first kappa shape index (κ1) is 21.4. The van der Waals surface area contributed by atoms with Crippen LogP contribution < -0.4 is 0 Å². The number of hydrogen-bond donors (Lipinski definition) is 1. The van der Waals surface area contributed by atoms with Crippen LogP contribution in [0.25, 0.3) is 0 Å². The standard InChI is InChI=1S/C13H24NO8P/c1-13(2,3)8-10(15)22-14(12(18)20-4)9(11(16)17)6-7-21-23(5)19/h9,23H,6-8H2,1-5H3,(H,16,17). The van der Waals surface area contributed by atoms with E-state index in [4.69, 9.17) is 9.36 Å². The highest BCUT2D eigenvalue weighted by Crippen LogP contribution is 2.21. The molecule has 0 bridgehead atoms. The largest absolute Gasteiger partial charge is 0.480 e. The summed E-state index contributed by atoms with van der Waals surface area (Å²) in [4.78, 5) is 39.8. The van der Waals surface area contributed by atoms with Crippen LogP contribution in [-0.4, -0.2) is 54.6 Å². The number of amides is 1. The van der Waals surface area contributed by atoms with E-state index in [1.165, 1.54) is 6.66 Å².